The Morgan fingerprint density at radius 3 is 3.00 bits per heavy atom. The summed E-state index contributed by atoms with van der Waals surface area (Å²) in [6.45, 7) is 2.24. The van der Waals surface area contributed by atoms with Crippen molar-refractivity contribution in [2.75, 3.05) is 23.9 Å². The fraction of sp³-hybridized carbons (Fsp3) is 0.474. The van der Waals surface area contributed by atoms with Crippen LogP contribution in [0.5, 0.6) is 0 Å². The standard InChI is InChI=1S/C19H22FN7O2/c1-19(5-6-19)13-9-14(25-24-13)21-17-23-18(22-15-4-3-7-26(15)17)27-10-11(20)8-12(27)16(28)29-2/h3-4,7,9,11-12H,5-6,8,10H2,1-2H3,(H2,21,22,23,24,25). The first kappa shape index (κ1) is 17.9. The molecule has 1 aliphatic carbocycles. The van der Waals surface area contributed by atoms with Gasteiger partial charge in [-0.3, -0.25) is 9.50 Å². The van der Waals surface area contributed by atoms with Crippen LogP contribution in [0.25, 0.3) is 5.65 Å². The van der Waals surface area contributed by atoms with Gasteiger partial charge in [-0.1, -0.05) is 6.92 Å². The van der Waals surface area contributed by atoms with Crippen LogP contribution in [-0.4, -0.2) is 56.4 Å². The second kappa shape index (κ2) is 6.43. The highest BCUT2D eigenvalue weighted by Gasteiger charge is 2.41. The quantitative estimate of drug-likeness (QED) is 0.635. The number of nitrogens with one attached hydrogen (secondary N) is 2. The first-order chi connectivity index (χ1) is 14.0. The van der Waals surface area contributed by atoms with Crippen LogP contribution in [0.15, 0.2) is 24.4 Å². The lowest BCUT2D eigenvalue weighted by Crippen LogP contribution is -2.38. The van der Waals surface area contributed by atoms with E-state index in [2.05, 4.69) is 32.4 Å². The molecule has 2 N–H and O–H groups in total. The van der Waals surface area contributed by atoms with Crippen LogP contribution >= 0.6 is 0 Å². The van der Waals surface area contributed by atoms with Gasteiger partial charge in [0, 0.05) is 29.8 Å². The van der Waals surface area contributed by atoms with Crippen LogP contribution in [0.4, 0.5) is 22.1 Å². The molecule has 0 amide bonds. The van der Waals surface area contributed by atoms with Crippen LogP contribution in [0.2, 0.25) is 0 Å². The summed E-state index contributed by atoms with van der Waals surface area (Å²) in [5.74, 6) is 0.911. The zero-order valence-corrected chi connectivity index (χ0v) is 16.2. The number of hydrogen-bond donors (Lipinski definition) is 2. The van der Waals surface area contributed by atoms with Crippen molar-refractivity contribution in [1.82, 2.24) is 24.6 Å². The number of fused-ring (bicyclic) bond motifs is 1. The van der Waals surface area contributed by atoms with Gasteiger partial charge in [-0.2, -0.15) is 15.1 Å². The molecule has 1 saturated heterocycles. The molecule has 2 unspecified atom stereocenters. The third kappa shape index (κ3) is 3.08. The number of carbonyl (C=O) groups excluding carboxylic acids is 1. The molecular formula is C19H22FN7O2. The van der Waals surface area contributed by atoms with Crippen molar-refractivity contribution >= 4 is 29.3 Å². The van der Waals surface area contributed by atoms with Crippen molar-refractivity contribution in [3.63, 3.8) is 0 Å². The van der Waals surface area contributed by atoms with Gasteiger partial charge in [0.15, 0.2) is 5.82 Å². The van der Waals surface area contributed by atoms with E-state index in [9.17, 15) is 9.18 Å². The summed E-state index contributed by atoms with van der Waals surface area (Å²) in [7, 11) is 1.30. The maximum Gasteiger partial charge on any atom is 0.328 e. The van der Waals surface area contributed by atoms with E-state index in [0.717, 1.165) is 18.5 Å². The Bertz CT molecular complexity index is 1070. The minimum absolute atomic E-state index is 0.0427. The second-order valence-electron chi connectivity index (χ2n) is 7.96. The highest BCUT2D eigenvalue weighted by atomic mass is 19.1. The molecule has 152 valence electrons. The fourth-order valence-electron chi connectivity index (χ4n) is 3.77. The van der Waals surface area contributed by atoms with Crippen LogP contribution in [-0.2, 0) is 14.9 Å². The van der Waals surface area contributed by atoms with Gasteiger partial charge in [0.2, 0.25) is 11.9 Å². The number of ether oxygens (including phenoxy) is 1. The smallest absolute Gasteiger partial charge is 0.328 e. The number of esters is 1. The molecule has 1 aliphatic heterocycles. The summed E-state index contributed by atoms with van der Waals surface area (Å²) in [5, 5.41) is 10.7. The first-order valence-electron chi connectivity index (χ1n) is 9.63. The van der Waals surface area contributed by atoms with Gasteiger partial charge in [-0.05, 0) is 25.0 Å². The summed E-state index contributed by atoms with van der Waals surface area (Å²) in [5.41, 5.74) is 1.89. The number of rotatable bonds is 5. The number of nitrogens with zero attached hydrogens (tertiary/aromatic N) is 5. The minimum atomic E-state index is -1.14. The number of alkyl halides is 1. The Hall–Kier alpha value is -3.17. The van der Waals surface area contributed by atoms with E-state index in [1.54, 1.807) is 9.30 Å². The molecule has 2 fully saturated rings. The average molecular weight is 399 g/mol. The number of halogens is 1. The summed E-state index contributed by atoms with van der Waals surface area (Å²) in [6, 6.07) is 4.91. The van der Waals surface area contributed by atoms with Gasteiger partial charge < -0.3 is 15.0 Å². The van der Waals surface area contributed by atoms with Crippen molar-refractivity contribution in [3.8, 4) is 0 Å². The summed E-state index contributed by atoms with van der Waals surface area (Å²) in [4.78, 5) is 22.8. The molecule has 0 radical (unpaired) electrons. The van der Waals surface area contributed by atoms with Gasteiger partial charge in [0.1, 0.15) is 17.9 Å². The predicted octanol–water partition coefficient (Wildman–Crippen LogP) is 2.34. The Morgan fingerprint density at radius 2 is 2.24 bits per heavy atom. The predicted molar refractivity (Wildman–Crippen MR) is 104 cm³/mol. The molecule has 3 aromatic rings. The normalized spacial score (nSPS) is 22.8. The van der Waals surface area contributed by atoms with E-state index in [-0.39, 0.29) is 24.3 Å². The highest BCUT2D eigenvalue weighted by Crippen LogP contribution is 2.47. The minimum Gasteiger partial charge on any atom is -0.467 e. The van der Waals surface area contributed by atoms with Gasteiger partial charge in [-0.15, -0.1) is 0 Å². The zero-order valence-electron chi connectivity index (χ0n) is 16.2. The molecule has 1 saturated carbocycles. The third-order valence-electron chi connectivity index (χ3n) is 5.82. The summed E-state index contributed by atoms with van der Waals surface area (Å²) < 4.78 is 20.7. The number of aromatic nitrogens is 5. The molecule has 10 heteroatoms. The molecule has 4 heterocycles. The third-order valence-corrected chi connectivity index (χ3v) is 5.82. The Morgan fingerprint density at radius 1 is 1.41 bits per heavy atom. The number of H-pyrrole nitrogens is 1. The lowest BCUT2D eigenvalue weighted by molar-refractivity contribution is -0.142. The van der Waals surface area contributed by atoms with E-state index < -0.39 is 18.2 Å². The number of aromatic amines is 1. The van der Waals surface area contributed by atoms with E-state index in [1.807, 2.05) is 24.4 Å². The van der Waals surface area contributed by atoms with Crippen LogP contribution in [0.3, 0.4) is 0 Å². The summed E-state index contributed by atoms with van der Waals surface area (Å²) >= 11 is 0. The van der Waals surface area contributed by atoms with Gasteiger partial charge >= 0.3 is 5.97 Å². The van der Waals surface area contributed by atoms with E-state index >= 15 is 0 Å². The molecule has 9 nitrogen and oxygen atoms in total. The largest absolute Gasteiger partial charge is 0.467 e. The molecule has 3 aromatic heterocycles. The Labute approximate surface area is 166 Å². The van der Waals surface area contributed by atoms with Crippen molar-refractivity contribution in [2.24, 2.45) is 0 Å². The van der Waals surface area contributed by atoms with Crippen molar-refractivity contribution in [3.05, 3.63) is 30.1 Å². The molecule has 2 atom stereocenters. The molecule has 2 aliphatic rings. The van der Waals surface area contributed by atoms with Crippen LogP contribution < -0.4 is 10.2 Å². The van der Waals surface area contributed by atoms with Crippen LogP contribution in [0.1, 0.15) is 31.9 Å². The average Bonchev–Trinajstić information content (AvgIpc) is 3.14. The molecule has 0 bridgehead atoms. The van der Waals surface area contributed by atoms with Gasteiger partial charge in [0.05, 0.1) is 13.7 Å². The lowest BCUT2D eigenvalue weighted by Gasteiger charge is -2.22. The number of hydrogen-bond acceptors (Lipinski definition) is 7. The second-order valence-corrected chi connectivity index (χ2v) is 7.96. The monoisotopic (exact) mass is 399 g/mol. The maximum absolute atomic E-state index is 14.1. The molecule has 5 rings (SSSR count). The van der Waals surface area contributed by atoms with Crippen LogP contribution in [0, 0.1) is 0 Å². The highest BCUT2D eigenvalue weighted by molar-refractivity contribution is 5.80. The lowest BCUT2D eigenvalue weighted by atomic mass is 10.1. The first-order valence-corrected chi connectivity index (χ1v) is 9.63. The number of carbonyl (C=O) groups is 1. The number of methoxy groups -OCH3 is 1. The number of anilines is 3. The van der Waals surface area contributed by atoms with Gasteiger partial charge in [-0.25, -0.2) is 9.18 Å². The summed E-state index contributed by atoms with van der Waals surface area (Å²) in [6.07, 6.45) is 3.03. The molecule has 29 heavy (non-hydrogen) atoms. The molecular weight excluding hydrogens is 377 g/mol. The topological polar surface area (TPSA) is 100 Å². The van der Waals surface area contributed by atoms with E-state index in [0.29, 0.717) is 17.4 Å². The molecule has 0 aromatic carbocycles. The SMILES string of the molecule is COC(=O)C1CC(F)CN1c1nc(Nc2cc(C3(C)CC3)[nH]n2)n2cccc2n1. The Kier molecular flexibility index (Phi) is 3.97. The van der Waals surface area contributed by atoms with Crippen molar-refractivity contribution in [1.29, 1.82) is 0 Å². The van der Waals surface area contributed by atoms with E-state index in [1.165, 1.54) is 7.11 Å². The molecule has 0 spiro atoms. The fourth-order valence-corrected chi connectivity index (χ4v) is 3.77. The Balaban J connectivity index is 1.50. The van der Waals surface area contributed by atoms with E-state index in [4.69, 9.17) is 4.74 Å². The zero-order chi connectivity index (χ0) is 20.2. The van der Waals surface area contributed by atoms with Crippen molar-refractivity contribution < 1.29 is 13.9 Å². The maximum atomic E-state index is 14.1. The van der Waals surface area contributed by atoms with Gasteiger partial charge in [0.25, 0.3) is 0 Å². The van der Waals surface area contributed by atoms with Crippen molar-refractivity contribution in [2.45, 2.75) is 43.8 Å².